The third kappa shape index (κ3) is 54.3. The fourth-order valence-electron chi connectivity index (χ4n) is 8.67. The molecule has 6 heteroatoms. The van der Waals surface area contributed by atoms with Gasteiger partial charge in [-0.1, -0.05) is 281 Å². The number of hydrogen-bond donors (Lipinski definition) is 0. The molecular weight excluding hydrogens is 841 g/mol. The second-order valence-corrected chi connectivity index (χ2v) is 19.9. The lowest BCUT2D eigenvalue weighted by molar-refractivity contribution is -0.167. The number of rotatable bonds is 54. The van der Waals surface area contributed by atoms with Gasteiger partial charge in [0.05, 0.1) is 0 Å². The molecule has 68 heavy (non-hydrogen) atoms. The molecule has 0 aromatic heterocycles. The fourth-order valence-corrected chi connectivity index (χ4v) is 8.67. The van der Waals surface area contributed by atoms with Gasteiger partial charge < -0.3 is 14.2 Å². The lowest BCUT2D eigenvalue weighted by Gasteiger charge is -2.18. The molecule has 0 saturated heterocycles. The van der Waals surface area contributed by atoms with Crippen LogP contribution in [0.1, 0.15) is 310 Å². The Kier molecular flexibility index (Phi) is 54.8. The summed E-state index contributed by atoms with van der Waals surface area (Å²) in [5.74, 6) is -0.872. The first-order valence-corrected chi connectivity index (χ1v) is 29.6. The molecule has 0 bridgehead atoms. The van der Waals surface area contributed by atoms with Gasteiger partial charge in [-0.3, -0.25) is 14.4 Å². The summed E-state index contributed by atoms with van der Waals surface area (Å²) >= 11 is 0. The molecular formula is C62H112O6. The highest BCUT2D eigenvalue weighted by Gasteiger charge is 2.19. The molecule has 0 fully saturated rings. The van der Waals surface area contributed by atoms with Gasteiger partial charge >= 0.3 is 17.9 Å². The molecule has 0 aliphatic rings. The molecule has 0 aromatic rings. The maximum absolute atomic E-state index is 12.9. The Morgan fingerprint density at radius 2 is 0.574 bits per heavy atom. The molecule has 0 saturated carbocycles. The molecule has 0 N–H and O–H groups in total. The van der Waals surface area contributed by atoms with Crippen LogP contribution in [0, 0.1) is 0 Å². The van der Waals surface area contributed by atoms with Gasteiger partial charge in [-0.2, -0.15) is 0 Å². The van der Waals surface area contributed by atoms with E-state index in [4.69, 9.17) is 14.2 Å². The van der Waals surface area contributed by atoms with E-state index in [-0.39, 0.29) is 31.1 Å². The molecule has 0 aliphatic heterocycles. The number of ether oxygens (including phenoxy) is 3. The molecule has 1 unspecified atom stereocenters. The Labute approximate surface area is 422 Å². The molecule has 0 spiro atoms. The number of carbonyl (C=O) groups is 3. The zero-order valence-corrected chi connectivity index (χ0v) is 45.4. The van der Waals surface area contributed by atoms with Crippen LogP contribution in [-0.2, 0) is 28.6 Å². The van der Waals surface area contributed by atoms with Crippen LogP contribution in [0.2, 0.25) is 0 Å². The number of unbranched alkanes of at least 4 members (excludes halogenated alkanes) is 35. The number of carbonyl (C=O) groups excluding carboxylic acids is 3. The van der Waals surface area contributed by atoms with Gasteiger partial charge in [0.25, 0.3) is 0 Å². The molecule has 1 atom stereocenters. The smallest absolute Gasteiger partial charge is 0.306 e. The lowest BCUT2D eigenvalue weighted by Crippen LogP contribution is -2.30. The Hall–Kier alpha value is -2.63. The SMILES string of the molecule is CC/C=C\C/C=C\C/C=C\C/C=C\CCCCCCCCC(=O)OC(COC(=O)CCCCCCCCCCCCC)COC(=O)CCCCCCCCCCCCCCCCCCCCCC. The second-order valence-electron chi connectivity index (χ2n) is 19.9. The maximum atomic E-state index is 12.9. The predicted octanol–water partition coefficient (Wildman–Crippen LogP) is 19.8. The van der Waals surface area contributed by atoms with E-state index >= 15 is 0 Å². The summed E-state index contributed by atoms with van der Waals surface area (Å²) in [7, 11) is 0. The quantitative estimate of drug-likeness (QED) is 0.0262. The molecule has 396 valence electrons. The van der Waals surface area contributed by atoms with Crippen molar-refractivity contribution in [2.75, 3.05) is 13.2 Å². The summed E-state index contributed by atoms with van der Waals surface area (Å²) in [6, 6.07) is 0. The van der Waals surface area contributed by atoms with Crippen molar-refractivity contribution in [2.45, 2.75) is 316 Å². The van der Waals surface area contributed by atoms with Crippen molar-refractivity contribution in [1.29, 1.82) is 0 Å². The van der Waals surface area contributed by atoms with Gasteiger partial charge in [0, 0.05) is 19.3 Å². The van der Waals surface area contributed by atoms with E-state index in [0.717, 1.165) is 96.3 Å². The minimum atomic E-state index is -0.777. The first kappa shape index (κ1) is 65.4. The van der Waals surface area contributed by atoms with Gasteiger partial charge in [-0.05, 0) is 57.8 Å². The van der Waals surface area contributed by atoms with E-state index in [2.05, 4.69) is 69.4 Å². The topological polar surface area (TPSA) is 78.9 Å². The van der Waals surface area contributed by atoms with Crippen LogP contribution in [0.3, 0.4) is 0 Å². The van der Waals surface area contributed by atoms with Crippen molar-refractivity contribution in [3.05, 3.63) is 48.6 Å². The Morgan fingerprint density at radius 1 is 0.309 bits per heavy atom. The molecule has 0 aliphatic carbocycles. The zero-order valence-electron chi connectivity index (χ0n) is 45.4. The van der Waals surface area contributed by atoms with Crippen molar-refractivity contribution in [2.24, 2.45) is 0 Å². The summed E-state index contributed by atoms with van der Waals surface area (Å²) in [5.41, 5.74) is 0. The Morgan fingerprint density at radius 3 is 0.897 bits per heavy atom. The van der Waals surface area contributed by atoms with Crippen LogP contribution in [0.15, 0.2) is 48.6 Å². The Balaban J connectivity index is 4.30. The van der Waals surface area contributed by atoms with E-state index in [0.29, 0.717) is 19.3 Å². The lowest BCUT2D eigenvalue weighted by atomic mass is 10.0. The highest BCUT2D eigenvalue weighted by atomic mass is 16.6. The van der Waals surface area contributed by atoms with E-state index in [1.54, 1.807) is 0 Å². The highest BCUT2D eigenvalue weighted by Crippen LogP contribution is 2.17. The number of hydrogen-bond acceptors (Lipinski definition) is 6. The van der Waals surface area contributed by atoms with Crippen LogP contribution in [0.25, 0.3) is 0 Å². The number of allylic oxidation sites excluding steroid dienone is 8. The van der Waals surface area contributed by atoms with E-state index in [1.165, 1.54) is 173 Å². The highest BCUT2D eigenvalue weighted by molar-refractivity contribution is 5.71. The van der Waals surface area contributed by atoms with Gasteiger partial charge in [-0.25, -0.2) is 0 Å². The number of esters is 3. The molecule has 6 nitrogen and oxygen atoms in total. The molecule has 0 aromatic carbocycles. The molecule has 0 heterocycles. The monoisotopic (exact) mass is 953 g/mol. The fraction of sp³-hybridized carbons (Fsp3) is 0.823. The van der Waals surface area contributed by atoms with Crippen molar-refractivity contribution < 1.29 is 28.6 Å². The first-order valence-electron chi connectivity index (χ1n) is 29.6. The average molecular weight is 954 g/mol. The van der Waals surface area contributed by atoms with E-state index < -0.39 is 6.10 Å². The van der Waals surface area contributed by atoms with Crippen molar-refractivity contribution >= 4 is 17.9 Å². The minimum Gasteiger partial charge on any atom is -0.462 e. The average Bonchev–Trinajstić information content (AvgIpc) is 3.34. The van der Waals surface area contributed by atoms with Crippen molar-refractivity contribution in [3.63, 3.8) is 0 Å². The van der Waals surface area contributed by atoms with E-state index in [1.807, 2.05) is 0 Å². The van der Waals surface area contributed by atoms with Crippen LogP contribution >= 0.6 is 0 Å². The predicted molar refractivity (Wildman–Crippen MR) is 293 cm³/mol. The standard InChI is InChI=1S/C62H112O6/c1-4-7-10-13-16-19-22-24-26-28-30-32-33-35-37-40-43-46-49-52-55-61(64)67-58-59(57-66-60(63)54-51-48-45-42-39-21-18-15-12-9-6-3)68-62(65)56-53-50-47-44-41-38-36-34-31-29-27-25-23-20-17-14-11-8-5-2/h8,11,17,20,25,27,31,34,59H,4-7,9-10,12-16,18-19,21-24,26,28-30,32-33,35-58H2,1-3H3/b11-8-,20-17-,27-25-,34-31-. The zero-order chi connectivity index (χ0) is 49.3. The first-order chi connectivity index (χ1) is 33.5. The molecule has 0 amide bonds. The molecule has 0 rings (SSSR count). The molecule has 0 radical (unpaired) electrons. The van der Waals surface area contributed by atoms with Gasteiger partial charge in [0.2, 0.25) is 0 Å². The Bertz CT molecular complexity index is 1190. The van der Waals surface area contributed by atoms with Crippen molar-refractivity contribution in [1.82, 2.24) is 0 Å². The van der Waals surface area contributed by atoms with Crippen LogP contribution in [0.5, 0.6) is 0 Å². The summed E-state index contributed by atoms with van der Waals surface area (Å²) in [4.78, 5) is 38.1. The summed E-state index contributed by atoms with van der Waals surface area (Å²) in [6.07, 6.45) is 69.6. The minimum absolute atomic E-state index is 0.0746. The normalized spacial score (nSPS) is 12.3. The second kappa shape index (κ2) is 57.0. The summed E-state index contributed by atoms with van der Waals surface area (Å²) < 4.78 is 16.9. The van der Waals surface area contributed by atoms with Crippen molar-refractivity contribution in [3.8, 4) is 0 Å². The van der Waals surface area contributed by atoms with E-state index in [9.17, 15) is 14.4 Å². The van der Waals surface area contributed by atoms with Crippen LogP contribution < -0.4 is 0 Å². The van der Waals surface area contributed by atoms with Gasteiger partial charge in [0.1, 0.15) is 13.2 Å². The largest absolute Gasteiger partial charge is 0.462 e. The van der Waals surface area contributed by atoms with Gasteiger partial charge in [0.15, 0.2) is 6.10 Å². The third-order valence-electron chi connectivity index (χ3n) is 13.1. The summed E-state index contributed by atoms with van der Waals surface area (Å²) in [5, 5.41) is 0. The summed E-state index contributed by atoms with van der Waals surface area (Å²) in [6.45, 7) is 6.55. The van der Waals surface area contributed by atoms with Crippen LogP contribution in [-0.4, -0.2) is 37.2 Å². The third-order valence-corrected chi connectivity index (χ3v) is 13.1. The maximum Gasteiger partial charge on any atom is 0.306 e. The van der Waals surface area contributed by atoms with Gasteiger partial charge in [-0.15, -0.1) is 0 Å². The van der Waals surface area contributed by atoms with Crippen LogP contribution in [0.4, 0.5) is 0 Å².